The predicted molar refractivity (Wildman–Crippen MR) is 280 cm³/mol. The summed E-state index contributed by atoms with van der Waals surface area (Å²) in [6.07, 6.45) is 63.5. The van der Waals surface area contributed by atoms with E-state index in [0.717, 1.165) is 0 Å². The number of rotatable bonds is 12. The number of halogens is 12. The molecular formula is C50H92Cu2F12P6. The molecule has 0 heterocycles. The van der Waals surface area contributed by atoms with Crippen molar-refractivity contribution in [2.45, 2.75) is 302 Å². The quantitative estimate of drug-likeness (QED) is 0.104. The SMILES string of the molecule is C1CCC(P(CP(C2CCCCC2)C2CCCCC2)C2CCCCC2)CC1.C1CCC(P(CP(C2CCCCC2)C2CCCCC2)C2CCCCC2)CC1.F[P-](F)(F)(F)(F)F.F[P-](F)(F)(F)(F)F.[Cu+].[Cu+]. The van der Waals surface area contributed by atoms with Crippen LogP contribution in [-0.4, -0.2) is 57.1 Å². The van der Waals surface area contributed by atoms with E-state index in [9.17, 15) is 50.4 Å². The normalized spacial score (nSPS) is 26.4. The molecule has 8 rings (SSSR count). The van der Waals surface area contributed by atoms with E-state index in [0.29, 0.717) is 31.7 Å². The van der Waals surface area contributed by atoms with E-state index in [-0.39, 0.29) is 34.1 Å². The van der Waals surface area contributed by atoms with Crippen molar-refractivity contribution in [3.63, 3.8) is 0 Å². The summed E-state index contributed by atoms with van der Waals surface area (Å²) in [5.74, 6) is 3.57. The van der Waals surface area contributed by atoms with E-state index in [4.69, 9.17) is 0 Å². The van der Waals surface area contributed by atoms with Crippen molar-refractivity contribution in [3.8, 4) is 0 Å². The van der Waals surface area contributed by atoms with Crippen LogP contribution in [-0.2, 0) is 34.1 Å². The van der Waals surface area contributed by atoms with E-state index in [1.54, 1.807) is 269 Å². The molecule has 0 amide bonds. The smallest absolute Gasteiger partial charge is 1.00 e. The van der Waals surface area contributed by atoms with Gasteiger partial charge in [-0.2, -0.15) is 0 Å². The zero-order valence-electron chi connectivity index (χ0n) is 42.1. The van der Waals surface area contributed by atoms with E-state index < -0.39 is 15.6 Å². The average molecular weight is 1230 g/mol. The molecule has 0 aromatic rings. The molecule has 70 heavy (non-hydrogen) atoms. The molecule has 20 heteroatoms. The van der Waals surface area contributed by atoms with Crippen LogP contribution in [0.5, 0.6) is 0 Å². The first-order valence-electron chi connectivity index (χ1n) is 27.9. The van der Waals surface area contributed by atoms with Crippen molar-refractivity contribution in [3.05, 3.63) is 0 Å². The van der Waals surface area contributed by atoms with E-state index in [2.05, 4.69) is 0 Å². The maximum Gasteiger partial charge on any atom is 1.00 e. The van der Waals surface area contributed by atoms with Gasteiger partial charge < -0.3 is 0 Å². The molecule has 0 saturated heterocycles. The minimum Gasteiger partial charge on any atom is 1.00 e. The fourth-order valence-corrected chi connectivity index (χ4v) is 34.8. The fourth-order valence-electron chi connectivity index (χ4n) is 13.8. The van der Waals surface area contributed by atoms with Gasteiger partial charge in [-0.3, -0.25) is 0 Å². The summed E-state index contributed by atoms with van der Waals surface area (Å²) in [4.78, 5) is 0. The minimum absolute atomic E-state index is 0. The Morgan fingerprint density at radius 3 is 0.371 bits per heavy atom. The first-order chi connectivity index (χ1) is 31.7. The van der Waals surface area contributed by atoms with Crippen LogP contribution in [0.2, 0.25) is 0 Å². The predicted octanol–water partition coefficient (Wildman–Crippen LogP) is 25.2. The van der Waals surface area contributed by atoms with Crippen LogP contribution < -0.4 is 0 Å². The molecule has 428 valence electrons. The van der Waals surface area contributed by atoms with E-state index in [1.807, 2.05) is 0 Å². The first-order valence-corrected chi connectivity index (χ1v) is 38.6. The standard InChI is InChI=1S/2C25H46P2.2Cu.2F6P/c2*1-5-13-22(14-6-1)26(23-15-7-2-8-16-23)21-27(24-17-9-3-10-18-24)25-19-11-4-12-20-25;;;2*1-7(2,3,4,5)6/h2*22-25H,1-21H2;;;;/q;;2*+1;2*-1. The molecule has 8 saturated carbocycles. The molecule has 0 aromatic heterocycles. The van der Waals surface area contributed by atoms with Gasteiger partial charge in [0.2, 0.25) is 0 Å². The average Bonchev–Trinajstić information content (AvgIpc) is 3.30. The Morgan fingerprint density at radius 1 is 0.200 bits per heavy atom. The molecule has 0 N–H and O–H groups in total. The zero-order valence-corrected chi connectivity index (χ0v) is 49.4. The van der Waals surface area contributed by atoms with Gasteiger partial charge in [-0.1, -0.05) is 186 Å². The molecule has 0 atom stereocenters. The van der Waals surface area contributed by atoms with Crippen LogP contribution in [0.4, 0.5) is 50.4 Å². The summed E-state index contributed by atoms with van der Waals surface area (Å²) in [5.41, 5.74) is 9.51. The van der Waals surface area contributed by atoms with Crippen LogP contribution >= 0.6 is 47.3 Å². The molecule has 8 fully saturated rings. The van der Waals surface area contributed by atoms with E-state index >= 15 is 0 Å². The first kappa shape index (κ1) is 67.1. The third kappa shape index (κ3) is 30.2. The van der Waals surface area contributed by atoms with Gasteiger partial charge in [0.05, 0.1) is 0 Å². The summed E-state index contributed by atoms with van der Waals surface area (Å²) >= 11 is 0. The molecule has 0 radical (unpaired) electrons. The topological polar surface area (TPSA) is 0 Å². The maximum atomic E-state index is 9.87. The van der Waals surface area contributed by atoms with Crippen molar-refractivity contribution < 1.29 is 84.5 Å². The maximum absolute atomic E-state index is 10.7. The molecule has 0 nitrogen and oxygen atoms in total. The summed E-state index contributed by atoms with van der Waals surface area (Å²) < 4.78 is 118. The van der Waals surface area contributed by atoms with Crippen LogP contribution in [0, 0.1) is 0 Å². The molecule has 0 unspecified atom stereocenters. The minimum atomic E-state index is -10.7. The van der Waals surface area contributed by atoms with Crippen molar-refractivity contribution in [1.82, 2.24) is 0 Å². The van der Waals surface area contributed by atoms with Gasteiger partial charge >= 0.3 is 100 Å². The van der Waals surface area contributed by atoms with Gasteiger partial charge in [0.15, 0.2) is 0 Å². The number of hydrogen-bond acceptors (Lipinski definition) is 0. The molecule has 8 aliphatic carbocycles. The van der Waals surface area contributed by atoms with Gasteiger partial charge in [0, 0.05) is 0 Å². The van der Waals surface area contributed by atoms with Gasteiger partial charge in [-0.25, -0.2) is 0 Å². The van der Waals surface area contributed by atoms with Crippen LogP contribution in [0.1, 0.15) is 257 Å². The largest absolute Gasteiger partial charge is 1.00 e. The van der Waals surface area contributed by atoms with Crippen molar-refractivity contribution >= 4 is 47.3 Å². The molecular weight excluding hydrogens is 1140 g/mol. The Balaban J connectivity index is 0.000000285. The third-order valence-electron chi connectivity index (χ3n) is 17.0. The van der Waals surface area contributed by atoms with Crippen LogP contribution in [0.3, 0.4) is 0 Å². The molecule has 8 aliphatic rings. The van der Waals surface area contributed by atoms with Crippen LogP contribution in [0.25, 0.3) is 0 Å². The van der Waals surface area contributed by atoms with Gasteiger partial charge in [-0.05, 0) is 160 Å². The summed E-state index contributed by atoms with van der Waals surface area (Å²) in [6, 6.07) is 0. The molecule has 0 aromatic carbocycles. The second kappa shape index (κ2) is 29.3. The van der Waals surface area contributed by atoms with Gasteiger partial charge in [0.25, 0.3) is 0 Å². The van der Waals surface area contributed by atoms with Crippen molar-refractivity contribution in [2.75, 3.05) is 11.8 Å². The van der Waals surface area contributed by atoms with E-state index in [1.165, 1.54) is 45.3 Å². The Morgan fingerprint density at radius 2 is 0.286 bits per heavy atom. The molecule has 0 bridgehead atoms. The summed E-state index contributed by atoms with van der Waals surface area (Å²) in [6.45, 7) is 0. The summed E-state index contributed by atoms with van der Waals surface area (Å²) in [7, 11) is -19.9. The summed E-state index contributed by atoms with van der Waals surface area (Å²) in [5, 5.41) is 0. The Bertz CT molecular complexity index is 1120. The Hall–Kier alpha value is 2.78. The monoisotopic (exact) mass is 1230 g/mol. The Labute approximate surface area is 443 Å². The van der Waals surface area contributed by atoms with Crippen LogP contribution in [0.15, 0.2) is 0 Å². The third-order valence-corrected chi connectivity index (χ3v) is 33.9. The molecule has 0 aliphatic heterocycles. The van der Waals surface area contributed by atoms with Crippen molar-refractivity contribution in [1.29, 1.82) is 0 Å². The fraction of sp³-hybridized carbons (Fsp3) is 1.00. The molecule has 0 spiro atoms. The second-order valence-electron chi connectivity index (χ2n) is 22.6. The number of hydrogen-bond donors (Lipinski definition) is 0. The van der Waals surface area contributed by atoms with Crippen molar-refractivity contribution in [2.24, 2.45) is 0 Å². The van der Waals surface area contributed by atoms with Gasteiger partial charge in [0.1, 0.15) is 0 Å². The zero-order chi connectivity index (χ0) is 49.4. The van der Waals surface area contributed by atoms with Gasteiger partial charge in [-0.15, -0.1) is 0 Å². The Kier molecular flexibility index (Phi) is 28.1. The second-order valence-corrected chi connectivity index (χ2v) is 38.6.